The number of carbonyl (C=O) groups is 2. The van der Waals surface area contributed by atoms with E-state index in [1.165, 1.54) is 19.1 Å². The van der Waals surface area contributed by atoms with Gasteiger partial charge in [-0.25, -0.2) is 0 Å². The third kappa shape index (κ3) is 3.58. The normalized spacial score (nSPS) is 16.2. The molecule has 1 aliphatic rings. The van der Waals surface area contributed by atoms with Gasteiger partial charge in [-0.3, -0.25) is 9.59 Å². The fraction of sp³-hybridized carbons (Fsp3) is 0.250. The molecule has 1 aromatic heterocycles. The largest absolute Gasteiger partial charge is 0.503 e. The lowest BCUT2D eigenvalue weighted by Gasteiger charge is -2.26. The molecule has 1 N–H and O–H groups in total. The van der Waals surface area contributed by atoms with Gasteiger partial charge in [0.05, 0.1) is 32.4 Å². The Morgan fingerprint density at radius 1 is 1.09 bits per heavy atom. The van der Waals surface area contributed by atoms with E-state index >= 15 is 0 Å². The van der Waals surface area contributed by atoms with E-state index in [-0.39, 0.29) is 24.5 Å². The first-order valence-electron chi connectivity index (χ1n) is 9.98. The Hall–Kier alpha value is -3.78. The van der Waals surface area contributed by atoms with Crippen molar-refractivity contribution in [1.29, 1.82) is 0 Å². The predicted octanol–water partition coefficient (Wildman–Crippen LogP) is 3.67. The van der Waals surface area contributed by atoms with Crippen molar-refractivity contribution in [2.45, 2.75) is 6.04 Å². The van der Waals surface area contributed by atoms with Crippen LogP contribution >= 0.6 is 0 Å². The van der Waals surface area contributed by atoms with Crippen LogP contribution in [0.4, 0.5) is 0 Å². The van der Waals surface area contributed by atoms with Gasteiger partial charge in [0.2, 0.25) is 5.78 Å². The third-order valence-corrected chi connectivity index (χ3v) is 5.47. The van der Waals surface area contributed by atoms with Crippen LogP contribution in [-0.2, 0) is 9.53 Å². The number of nitrogens with zero attached hydrogens (tertiary/aromatic N) is 1. The lowest BCUT2D eigenvalue weighted by atomic mass is 9.95. The number of fused-ring (bicyclic) bond motifs is 1. The van der Waals surface area contributed by atoms with E-state index in [9.17, 15) is 14.7 Å². The maximum absolute atomic E-state index is 13.5. The SMILES string of the molecule is COCCN1C(=O)C(O)=C(C(=O)c2cc3cccc(OC)c3o2)C1c1ccc(OC)cc1. The van der Waals surface area contributed by atoms with Crippen LogP contribution in [0.25, 0.3) is 11.0 Å². The van der Waals surface area contributed by atoms with E-state index in [2.05, 4.69) is 0 Å². The highest BCUT2D eigenvalue weighted by molar-refractivity contribution is 6.16. The van der Waals surface area contributed by atoms with Crippen LogP contribution in [0.1, 0.15) is 22.2 Å². The van der Waals surface area contributed by atoms with Crippen molar-refractivity contribution in [1.82, 2.24) is 4.90 Å². The molecule has 0 radical (unpaired) electrons. The molecular weight excluding hydrogens is 414 g/mol. The lowest BCUT2D eigenvalue weighted by molar-refractivity contribution is -0.130. The van der Waals surface area contributed by atoms with Gasteiger partial charge < -0.3 is 28.6 Å². The number of benzene rings is 2. The molecule has 0 saturated heterocycles. The number of methoxy groups -OCH3 is 3. The summed E-state index contributed by atoms with van der Waals surface area (Å²) in [6.45, 7) is 0.440. The maximum Gasteiger partial charge on any atom is 0.290 e. The first-order valence-corrected chi connectivity index (χ1v) is 9.98. The number of hydrogen-bond donors (Lipinski definition) is 1. The summed E-state index contributed by atoms with van der Waals surface area (Å²) < 4.78 is 21.4. The summed E-state index contributed by atoms with van der Waals surface area (Å²) in [5.74, 6) is -0.692. The second kappa shape index (κ2) is 8.76. The Morgan fingerprint density at radius 3 is 2.50 bits per heavy atom. The second-order valence-electron chi connectivity index (χ2n) is 7.25. The minimum atomic E-state index is -0.800. The van der Waals surface area contributed by atoms with Gasteiger partial charge in [0, 0.05) is 19.0 Å². The van der Waals surface area contributed by atoms with E-state index in [0.29, 0.717) is 28.0 Å². The molecule has 3 aromatic rings. The van der Waals surface area contributed by atoms with Gasteiger partial charge in [-0.15, -0.1) is 0 Å². The molecular formula is C24H23NO7. The summed E-state index contributed by atoms with van der Waals surface area (Å²) in [5, 5.41) is 11.4. The molecule has 1 atom stereocenters. The fourth-order valence-corrected chi connectivity index (χ4v) is 3.88. The van der Waals surface area contributed by atoms with Crippen molar-refractivity contribution in [2.24, 2.45) is 0 Å². The second-order valence-corrected chi connectivity index (χ2v) is 7.25. The van der Waals surface area contributed by atoms with E-state index in [0.717, 1.165) is 0 Å². The highest BCUT2D eigenvalue weighted by atomic mass is 16.5. The summed E-state index contributed by atoms with van der Waals surface area (Å²) >= 11 is 0. The smallest absolute Gasteiger partial charge is 0.290 e. The van der Waals surface area contributed by atoms with Crippen molar-refractivity contribution in [3.63, 3.8) is 0 Å². The zero-order valence-corrected chi connectivity index (χ0v) is 18.0. The van der Waals surface area contributed by atoms with Crippen LogP contribution < -0.4 is 9.47 Å². The quantitative estimate of drug-likeness (QED) is 0.537. The van der Waals surface area contributed by atoms with E-state index in [1.54, 1.807) is 55.6 Å². The van der Waals surface area contributed by atoms with Gasteiger partial charge in [0.15, 0.2) is 22.9 Å². The number of aliphatic hydroxyl groups excluding tert-OH is 1. The van der Waals surface area contributed by atoms with E-state index in [1.807, 2.05) is 0 Å². The molecule has 2 heterocycles. The summed E-state index contributed by atoms with van der Waals surface area (Å²) in [6.07, 6.45) is 0. The van der Waals surface area contributed by atoms with E-state index < -0.39 is 23.5 Å². The highest BCUT2D eigenvalue weighted by Gasteiger charge is 2.44. The zero-order chi connectivity index (χ0) is 22.8. The van der Waals surface area contributed by atoms with Gasteiger partial charge in [-0.2, -0.15) is 0 Å². The number of rotatable bonds is 8. The van der Waals surface area contributed by atoms with Crippen LogP contribution in [-0.4, -0.2) is 56.2 Å². The Balaban J connectivity index is 1.80. The molecule has 32 heavy (non-hydrogen) atoms. The topological polar surface area (TPSA) is 98.4 Å². The molecule has 4 rings (SSSR count). The van der Waals surface area contributed by atoms with Crippen molar-refractivity contribution in [2.75, 3.05) is 34.5 Å². The van der Waals surface area contributed by atoms with Crippen LogP contribution in [0.3, 0.4) is 0 Å². The van der Waals surface area contributed by atoms with Crippen molar-refractivity contribution >= 4 is 22.7 Å². The number of para-hydroxylation sites is 1. The number of hydrogen-bond acceptors (Lipinski definition) is 7. The van der Waals surface area contributed by atoms with Crippen LogP contribution in [0.5, 0.6) is 11.5 Å². The molecule has 2 aromatic carbocycles. The van der Waals surface area contributed by atoms with Gasteiger partial charge in [0.25, 0.3) is 5.91 Å². The van der Waals surface area contributed by atoms with Crippen molar-refractivity contribution in [3.05, 3.63) is 71.2 Å². The predicted molar refractivity (Wildman–Crippen MR) is 116 cm³/mol. The molecule has 0 aliphatic carbocycles. The van der Waals surface area contributed by atoms with Gasteiger partial charge >= 0.3 is 0 Å². The number of amides is 1. The Kier molecular flexibility index (Phi) is 5.87. The summed E-state index contributed by atoms with van der Waals surface area (Å²) in [7, 11) is 4.58. The number of ketones is 1. The van der Waals surface area contributed by atoms with Crippen LogP contribution in [0, 0.1) is 0 Å². The molecule has 166 valence electrons. The molecule has 0 bridgehead atoms. The summed E-state index contributed by atoms with van der Waals surface area (Å²) in [4.78, 5) is 27.8. The molecule has 0 fully saturated rings. The average Bonchev–Trinajstić information content (AvgIpc) is 3.37. The molecule has 8 heteroatoms. The van der Waals surface area contributed by atoms with Gasteiger partial charge in [-0.05, 0) is 29.8 Å². The maximum atomic E-state index is 13.5. The number of Topliss-reactive ketones (excluding diaryl/α,β-unsaturated/α-hetero) is 1. The van der Waals surface area contributed by atoms with Crippen molar-refractivity contribution in [3.8, 4) is 11.5 Å². The van der Waals surface area contributed by atoms with Gasteiger partial charge in [-0.1, -0.05) is 24.3 Å². The lowest BCUT2D eigenvalue weighted by Crippen LogP contribution is -2.33. The molecule has 0 spiro atoms. The molecule has 1 unspecified atom stereocenters. The Bertz CT molecular complexity index is 1190. The number of aliphatic hydroxyl groups is 1. The van der Waals surface area contributed by atoms with Crippen molar-refractivity contribution < 1.29 is 33.3 Å². The number of furan rings is 1. The first-order chi connectivity index (χ1) is 15.5. The highest BCUT2D eigenvalue weighted by Crippen LogP contribution is 2.40. The Labute approximate surface area is 184 Å². The summed E-state index contributed by atoms with van der Waals surface area (Å²) in [5.41, 5.74) is 1.02. The minimum Gasteiger partial charge on any atom is -0.503 e. The number of ether oxygens (including phenoxy) is 3. The molecule has 8 nitrogen and oxygen atoms in total. The van der Waals surface area contributed by atoms with E-state index in [4.69, 9.17) is 18.6 Å². The first kappa shape index (κ1) is 21.5. The minimum absolute atomic E-state index is 0.00551. The third-order valence-electron chi connectivity index (χ3n) is 5.47. The summed E-state index contributed by atoms with van der Waals surface area (Å²) in [6, 6.07) is 13.1. The monoisotopic (exact) mass is 437 g/mol. The van der Waals surface area contributed by atoms with Crippen LogP contribution in [0.15, 0.2) is 64.3 Å². The standard InChI is InChI=1S/C24H23NO7/c1-29-12-11-25-20(14-7-9-16(30-2)10-8-14)19(22(27)24(25)28)21(26)18-13-15-5-4-6-17(31-3)23(15)32-18/h4-10,13,20,27H,11-12H2,1-3H3. The average molecular weight is 437 g/mol. The Morgan fingerprint density at radius 2 is 1.84 bits per heavy atom. The number of carbonyl (C=O) groups excluding carboxylic acids is 2. The fourth-order valence-electron chi connectivity index (χ4n) is 3.88. The van der Waals surface area contributed by atoms with Gasteiger partial charge in [0.1, 0.15) is 5.75 Å². The molecule has 1 amide bonds. The van der Waals surface area contributed by atoms with Crippen LogP contribution in [0.2, 0.25) is 0 Å². The molecule has 1 aliphatic heterocycles. The molecule has 0 saturated carbocycles. The zero-order valence-electron chi connectivity index (χ0n) is 18.0.